The maximum absolute atomic E-state index is 12.1. The molecule has 1 aromatic carbocycles. The Morgan fingerprint density at radius 3 is 2.26 bits per heavy atom. The molecule has 1 saturated heterocycles. The number of nitrogens with zero attached hydrogens (tertiary/aromatic N) is 1. The van der Waals surface area contributed by atoms with Gasteiger partial charge in [0, 0.05) is 0 Å². The zero-order valence-electron chi connectivity index (χ0n) is 12.3. The summed E-state index contributed by atoms with van der Waals surface area (Å²) in [4.78, 5) is 24.6. The number of hydrogen-bond donors (Lipinski definition) is 2. The van der Waals surface area contributed by atoms with Gasteiger partial charge < -0.3 is 15.2 Å². The summed E-state index contributed by atoms with van der Waals surface area (Å²) in [5, 5.41) is 12.5. The lowest BCUT2D eigenvalue weighted by Gasteiger charge is -2.19. The summed E-state index contributed by atoms with van der Waals surface area (Å²) in [5.41, 5.74) is -0.800. The third-order valence-corrected chi connectivity index (χ3v) is 3.30. The number of aliphatic hydroxyl groups excluding tert-OH is 1. The van der Waals surface area contributed by atoms with Gasteiger partial charge in [-0.15, -0.1) is 13.2 Å². The van der Waals surface area contributed by atoms with Crippen LogP contribution in [0.4, 0.5) is 18.0 Å². The molecule has 1 aliphatic heterocycles. The number of nitrogens with one attached hydrogen (secondary N) is 1. The highest BCUT2D eigenvalue weighted by Crippen LogP contribution is 2.26. The summed E-state index contributed by atoms with van der Waals surface area (Å²) < 4.78 is 39.9. The Morgan fingerprint density at radius 2 is 1.83 bits per heavy atom. The van der Waals surface area contributed by atoms with Gasteiger partial charge in [0.1, 0.15) is 11.3 Å². The van der Waals surface area contributed by atoms with Crippen LogP contribution in [0.3, 0.4) is 0 Å². The van der Waals surface area contributed by atoms with E-state index < -0.39 is 35.7 Å². The number of benzene rings is 1. The van der Waals surface area contributed by atoms with Gasteiger partial charge in [0.05, 0.1) is 12.6 Å². The number of β-amino-alcohol motifs (C(OH)–C–C–N with tert-alkyl or cyclic N) is 1. The smallest absolute Gasteiger partial charge is 0.406 e. The van der Waals surface area contributed by atoms with Crippen molar-refractivity contribution >= 4 is 11.9 Å². The van der Waals surface area contributed by atoms with E-state index in [1.165, 1.54) is 26.0 Å². The summed E-state index contributed by atoms with van der Waals surface area (Å²) >= 11 is 0. The Balaban J connectivity index is 2.05. The van der Waals surface area contributed by atoms with Gasteiger partial charge in [-0.3, -0.25) is 9.69 Å². The quantitative estimate of drug-likeness (QED) is 0.826. The van der Waals surface area contributed by atoms with Crippen LogP contribution in [0.2, 0.25) is 0 Å². The minimum atomic E-state index is -4.80. The number of ether oxygens (including phenoxy) is 1. The van der Waals surface area contributed by atoms with Gasteiger partial charge in [-0.2, -0.15) is 0 Å². The molecular formula is C14H15F3N2O4. The van der Waals surface area contributed by atoms with Gasteiger partial charge >= 0.3 is 12.4 Å². The molecule has 0 radical (unpaired) electrons. The van der Waals surface area contributed by atoms with Gasteiger partial charge in [0.15, 0.2) is 0 Å². The van der Waals surface area contributed by atoms with Crippen molar-refractivity contribution in [3.05, 3.63) is 29.8 Å². The number of halogens is 3. The van der Waals surface area contributed by atoms with Crippen LogP contribution in [0.5, 0.6) is 5.75 Å². The molecule has 2 N–H and O–H groups in total. The van der Waals surface area contributed by atoms with Crippen LogP contribution in [0.1, 0.15) is 25.5 Å². The summed E-state index contributed by atoms with van der Waals surface area (Å²) in [6.07, 6.45) is -6.02. The SMILES string of the molecule is CC1(C)NC(=O)N(CC(O)c2ccc(OC(F)(F)F)cc2)C1=O. The van der Waals surface area contributed by atoms with Crippen molar-refractivity contribution in [2.24, 2.45) is 0 Å². The molecule has 2 rings (SSSR count). The van der Waals surface area contributed by atoms with Crippen LogP contribution in [0.25, 0.3) is 0 Å². The van der Waals surface area contributed by atoms with Crippen molar-refractivity contribution in [1.29, 1.82) is 0 Å². The van der Waals surface area contributed by atoms with E-state index in [2.05, 4.69) is 10.1 Å². The predicted octanol–water partition coefficient (Wildman–Crippen LogP) is 1.95. The van der Waals surface area contributed by atoms with Crippen LogP contribution < -0.4 is 10.1 Å². The largest absolute Gasteiger partial charge is 0.573 e. The van der Waals surface area contributed by atoms with E-state index in [9.17, 15) is 27.9 Å². The topological polar surface area (TPSA) is 78.9 Å². The first-order chi connectivity index (χ1) is 10.5. The number of carbonyl (C=O) groups excluding carboxylic acids is 2. The Morgan fingerprint density at radius 1 is 1.26 bits per heavy atom. The second-order valence-electron chi connectivity index (χ2n) is 5.60. The number of urea groups is 1. The summed E-state index contributed by atoms with van der Waals surface area (Å²) in [5.74, 6) is -0.914. The predicted molar refractivity (Wildman–Crippen MR) is 72.4 cm³/mol. The van der Waals surface area contributed by atoms with E-state index in [0.717, 1.165) is 17.0 Å². The molecule has 0 saturated carbocycles. The number of hydrogen-bond acceptors (Lipinski definition) is 4. The van der Waals surface area contributed by atoms with Crippen LogP contribution in [-0.4, -0.2) is 40.4 Å². The van der Waals surface area contributed by atoms with Crippen molar-refractivity contribution in [1.82, 2.24) is 10.2 Å². The standard InChI is InChI=1S/C14H15F3N2O4/c1-13(2)11(21)19(12(22)18-13)7-10(20)8-3-5-9(6-4-8)23-14(15,16)17/h3-6,10,20H,7H2,1-2H3,(H,18,22). The average Bonchev–Trinajstić information content (AvgIpc) is 2.60. The Bertz CT molecular complexity index is 613. The molecule has 1 fully saturated rings. The number of imide groups is 1. The highest BCUT2D eigenvalue weighted by Gasteiger charge is 2.44. The molecule has 0 spiro atoms. The maximum atomic E-state index is 12.1. The lowest BCUT2D eigenvalue weighted by atomic mass is 10.1. The lowest BCUT2D eigenvalue weighted by Crippen LogP contribution is -2.40. The summed E-state index contributed by atoms with van der Waals surface area (Å²) in [6.45, 7) is 2.76. The number of alkyl halides is 3. The molecule has 3 amide bonds. The van der Waals surface area contributed by atoms with E-state index in [1.807, 2.05) is 0 Å². The Hall–Kier alpha value is -2.29. The Kier molecular flexibility index (Phi) is 4.25. The van der Waals surface area contributed by atoms with Crippen LogP contribution in [0, 0.1) is 0 Å². The molecule has 0 bridgehead atoms. The van der Waals surface area contributed by atoms with Gasteiger partial charge in [-0.25, -0.2) is 4.79 Å². The first kappa shape index (κ1) is 17.1. The van der Waals surface area contributed by atoms with Crippen molar-refractivity contribution in [3.8, 4) is 5.75 Å². The normalized spacial score (nSPS) is 18.8. The number of aliphatic hydroxyl groups is 1. The van der Waals surface area contributed by atoms with Crippen molar-refractivity contribution < 1.29 is 32.6 Å². The Labute approximate surface area is 129 Å². The van der Waals surface area contributed by atoms with Gasteiger partial charge in [0.2, 0.25) is 0 Å². The summed E-state index contributed by atoms with van der Waals surface area (Å²) in [7, 11) is 0. The monoisotopic (exact) mass is 332 g/mol. The van der Waals surface area contributed by atoms with E-state index in [-0.39, 0.29) is 12.1 Å². The van der Waals surface area contributed by atoms with Crippen molar-refractivity contribution in [2.75, 3.05) is 6.54 Å². The second kappa shape index (κ2) is 5.73. The summed E-state index contributed by atoms with van der Waals surface area (Å²) in [6, 6.07) is 3.92. The average molecular weight is 332 g/mol. The molecule has 126 valence electrons. The third-order valence-electron chi connectivity index (χ3n) is 3.30. The van der Waals surface area contributed by atoms with E-state index >= 15 is 0 Å². The lowest BCUT2D eigenvalue weighted by molar-refractivity contribution is -0.274. The molecule has 23 heavy (non-hydrogen) atoms. The fourth-order valence-corrected chi connectivity index (χ4v) is 2.15. The zero-order chi connectivity index (χ0) is 17.4. The minimum Gasteiger partial charge on any atom is -0.406 e. The van der Waals surface area contributed by atoms with Crippen molar-refractivity contribution in [2.45, 2.75) is 31.9 Å². The highest BCUT2D eigenvalue weighted by atomic mass is 19.4. The molecule has 1 aromatic rings. The second-order valence-corrected chi connectivity index (χ2v) is 5.60. The van der Waals surface area contributed by atoms with E-state index in [1.54, 1.807) is 0 Å². The molecule has 1 heterocycles. The maximum Gasteiger partial charge on any atom is 0.573 e. The van der Waals surface area contributed by atoms with Crippen molar-refractivity contribution in [3.63, 3.8) is 0 Å². The van der Waals surface area contributed by atoms with Gasteiger partial charge in [-0.05, 0) is 31.5 Å². The fourth-order valence-electron chi connectivity index (χ4n) is 2.15. The molecule has 9 heteroatoms. The number of carbonyl (C=O) groups is 2. The molecular weight excluding hydrogens is 317 g/mol. The molecule has 1 unspecified atom stereocenters. The van der Waals surface area contributed by atoms with Crippen LogP contribution in [0.15, 0.2) is 24.3 Å². The third kappa shape index (κ3) is 3.92. The van der Waals surface area contributed by atoms with Gasteiger partial charge in [-0.1, -0.05) is 12.1 Å². The first-order valence-corrected chi connectivity index (χ1v) is 6.67. The minimum absolute atomic E-state index is 0.254. The van der Waals surface area contributed by atoms with E-state index in [0.29, 0.717) is 0 Å². The molecule has 0 aromatic heterocycles. The van der Waals surface area contributed by atoms with Crippen LogP contribution in [-0.2, 0) is 4.79 Å². The number of amides is 3. The van der Waals surface area contributed by atoms with Crippen LogP contribution >= 0.6 is 0 Å². The molecule has 1 aliphatic rings. The zero-order valence-corrected chi connectivity index (χ0v) is 12.3. The highest BCUT2D eigenvalue weighted by molar-refractivity contribution is 6.06. The fraction of sp³-hybridized carbons (Fsp3) is 0.429. The molecule has 6 nitrogen and oxygen atoms in total. The number of rotatable bonds is 4. The first-order valence-electron chi connectivity index (χ1n) is 6.67. The molecule has 0 aliphatic carbocycles. The van der Waals surface area contributed by atoms with Gasteiger partial charge in [0.25, 0.3) is 5.91 Å². The van der Waals surface area contributed by atoms with E-state index in [4.69, 9.17) is 0 Å². The molecule has 1 atom stereocenters.